The molecule has 1 aromatic heterocycles. The zero-order valence-electron chi connectivity index (χ0n) is 17.0. The SMILES string of the molecule is CC(C)(CCCCOc1cc(-c2ccc([N+](=O)[O-])cc2)c2ccccc2n1)C(=O)O. The monoisotopic (exact) mass is 408 g/mol. The van der Waals surface area contributed by atoms with Crippen molar-refractivity contribution in [1.29, 1.82) is 0 Å². The predicted molar refractivity (Wildman–Crippen MR) is 115 cm³/mol. The third-order valence-electron chi connectivity index (χ3n) is 5.11. The van der Waals surface area contributed by atoms with Crippen molar-refractivity contribution < 1.29 is 19.6 Å². The number of nitro benzene ring substituents is 1. The fraction of sp³-hybridized carbons (Fsp3) is 0.304. The Morgan fingerprint density at radius 3 is 2.50 bits per heavy atom. The Bertz CT molecular complexity index is 1060. The maximum atomic E-state index is 11.2. The fourth-order valence-corrected chi connectivity index (χ4v) is 3.18. The second kappa shape index (κ2) is 8.90. The molecule has 0 unspecified atom stereocenters. The Morgan fingerprint density at radius 1 is 1.13 bits per heavy atom. The van der Waals surface area contributed by atoms with Crippen molar-refractivity contribution in [2.45, 2.75) is 33.1 Å². The van der Waals surface area contributed by atoms with Gasteiger partial charge in [0.2, 0.25) is 5.88 Å². The molecule has 0 aliphatic carbocycles. The van der Waals surface area contributed by atoms with Crippen LogP contribution >= 0.6 is 0 Å². The van der Waals surface area contributed by atoms with Crippen molar-refractivity contribution in [3.63, 3.8) is 0 Å². The summed E-state index contributed by atoms with van der Waals surface area (Å²) in [7, 11) is 0. The number of non-ortho nitro benzene ring substituents is 1. The normalized spacial score (nSPS) is 11.4. The highest BCUT2D eigenvalue weighted by molar-refractivity contribution is 5.95. The summed E-state index contributed by atoms with van der Waals surface area (Å²) < 4.78 is 5.85. The van der Waals surface area contributed by atoms with E-state index in [1.165, 1.54) is 12.1 Å². The number of unbranched alkanes of at least 4 members (excludes halogenated alkanes) is 1. The average molecular weight is 408 g/mol. The number of hydrogen-bond acceptors (Lipinski definition) is 5. The molecule has 156 valence electrons. The van der Waals surface area contributed by atoms with E-state index in [-0.39, 0.29) is 5.69 Å². The zero-order chi connectivity index (χ0) is 21.7. The number of carbonyl (C=O) groups is 1. The third kappa shape index (κ3) is 4.92. The van der Waals surface area contributed by atoms with Gasteiger partial charge in [-0.3, -0.25) is 14.9 Å². The summed E-state index contributed by atoms with van der Waals surface area (Å²) in [6, 6.07) is 15.9. The Hall–Kier alpha value is -3.48. The molecule has 0 aliphatic rings. The molecule has 0 saturated heterocycles. The molecule has 0 spiro atoms. The largest absolute Gasteiger partial charge is 0.481 e. The van der Waals surface area contributed by atoms with Crippen LogP contribution in [0, 0.1) is 15.5 Å². The van der Waals surface area contributed by atoms with Crippen LogP contribution in [0.3, 0.4) is 0 Å². The topological polar surface area (TPSA) is 103 Å². The van der Waals surface area contributed by atoms with E-state index in [4.69, 9.17) is 4.74 Å². The molecule has 30 heavy (non-hydrogen) atoms. The van der Waals surface area contributed by atoms with Crippen LogP contribution in [-0.4, -0.2) is 27.6 Å². The Labute approximate surface area is 174 Å². The van der Waals surface area contributed by atoms with Gasteiger partial charge in [-0.15, -0.1) is 0 Å². The van der Waals surface area contributed by atoms with Gasteiger partial charge in [-0.2, -0.15) is 0 Å². The number of fused-ring (bicyclic) bond motifs is 1. The number of pyridine rings is 1. The molecule has 3 rings (SSSR count). The molecule has 7 heteroatoms. The summed E-state index contributed by atoms with van der Waals surface area (Å²) in [5.41, 5.74) is 1.79. The third-order valence-corrected chi connectivity index (χ3v) is 5.11. The summed E-state index contributed by atoms with van der Waals surface area (Å²) in [6.07, 6.45) is 2.03. The Balaban J connectivity index is 1.76. The molecule has 0 bridgehead atoms. The lowest BCUT2D eigenvalue weighted by Gasteiger charge is -2.18. The zero-order valence-corrected chi connectivity index (χ0v) is 17.0. The molecule has 3 aromatic rings. The van der Waals surface area contributed by atoms with Crippen molar-refractivity contribution in [3.05, 3.63) is 64.7 Å². The number of nitro groups is 1. The highest BCUT2D eigenvalue weighted by Gasteiger charge is 2.26. The van der Waals surface area contributed by atoms with Crippen molar-refractivity contribution in [2.24, 2.45) is 5.41 Å². The fourth-order valence-electron chi connectivity index (χ4n) is 3.18. The molecule has 0 saturated carbocycles. The van der Waals surface area contributed by atoms with Crippen LogP contribution < -0.4 is 4.74 Å². The van der Waals surface area contributed by atoms with Gasteiger partial charge >= 0.3 is 5.97 Å². The van der Waals surface area contributed by atoms with Crippen LogP contribution in [0.5, 0.6) is 5.88 Å². The second-order valence-corrected chi connectivity index (χ2v) is 7.82. The van der Waals surface area contributed by atoms with Gasteiger partial charge in [0.05, 0.1) is 22.5 Å². The van der Waals surface area contributed by atoms with Gasteiger partial charge in [-0.25, -0.2) is 4.98 Å². The number of aliphatic carboxylic acids is 1. The van der Waals surface area contributed by atoms with Crippen LogP contribution in [0.1, 0.15) is 33.1 Å². The first-order valence-corrected chi connectivity index (χ1v) is 9.79. The Kier molecular flexibility index (Phi) is 6.30. The van der Waals surface area contributed by atoms with Crippen LogP contribution in [0.25, 0.3) is 22.0 Å². The number of hydrogen-bond donors (Lipinski definition) is 1. The van der Waals surface area contributed by atoms with E-state index < -0.39 is 16.3 Å². The lowest BCUT2D eigenvalue weighted by molar-refractivity contribution is -0.384. The smallest absolute Gasteiger partial charge is 0.309 e. The molecule has 0 aliphatic heterocycles. The van der Waals surface area contributed by atoms with Gasteiger partial charge < -0.3 is 9.84 Å². The first-order valence-electron chi connectivity index (χ1n) is 9.79. The lowest BCUT2D eigenvalue weighted by atomic mass is 9.87. The van der Waals surface area contributed by atoms with E-state index in [0.29, 0.717) is 18.9 Å². The van der Waals surface area contributed by atoms with Crippen LogP contribution in [-0.2, 0) is 4.79 Å². The minimum Gasteiger partial charge on any atom is -0.481 e. The molecule has 0 amide bonds. The first-order chi connectivity index (χ1) is 14.3. The number of aromatic nitrogens is 1. The van der Waals surface area contributed by atoms with Crippen LogP contribution in [0.4, 0.5) is 5.69 Å². The number of rotatable bonds is 9. The molecule has 2 aromatic carbocycles. The lowest BCUT2D eigenvalue weighted by Crippen LogP contribution is -2.23. The first kappa shape index (κ1) is 21.2. The molecular formula is C23H24N2O5. The average Bonchev–Trinajstić information content (AvgIpc) is 2.72. The van der Waals surface area contributed by atoms with E-state index >= 15 is 0 Å². The van der Waals surface area contributed by atoms with E-state index in [1.54, 1.807) is 26.0 Å². The van der Waals surface area contributed by atoms with Crippen molar-refractivity contribution in [3.8, 4) is 17.0 Å². The standard InChI is InChI=1S/C23H24N2O5/c1-23(2,22(26)27)13-5-6-14-30-21-15-19(18-7-3-4-8-20(18)24-21)16-9-11-17(12-10-16)25(28)29/h3-4,7-12,15H,5-6,13-14H2,1-2H3,(H,26,27). The van der Waals surface area contributed by atoms with Gasteiger partial charge in [0.15, 0.2) is 0 Å². The summed E-state index contributed by atoms with van der Waals surface area (Å²) in [4.78, 5) is 26.2. The second-order valence-electron chi connectivity index (χ2n) is 7.82. The maximum Gasteiger partial charge on any atom is 0.309 e. The van der Waals surface area contributed by atoms with Crippen molar-refractivity contribution in [1.82, 2.24) is 4.98 Å². The molecule has 1 heterocycles. The van der Waals surface area contributed by atoms with Gasteiger partial charge in [0, 0.05) is 23.6 Å². The maximum absolute atomic E-state index is 11.2. The van der Waals surface area contributed by atoms with Crippen LogP contribution in [0.15, 0.2) is 54.6 Å². The number of benzene rings is 2. The van der Waals surface area contributed by atoms with E-state index in [1.807, 2.05) is 30.3 Å². The highest BCUT2D eigenvalue weighted by Crippen LogP contribution is 2.32. The highest BCUT2D eigenvalue weighted by atomic mass is 16.6. The van der Waals surface area contributed by atoms with Gasteiger partial charge in [-0.05, 0) is 62.4 Å². The van der Waals surface area contributed by atoms with E-state index in [0.717, 1.165) is 34.9 Å². The summed E-state index contributed by atoms with van der Waals surface area (Å²) in [6.45, 7) is 3.87. The predicted octanol–water partition coefficient (Wildman–Crippen LogP) is 5.47. The van der Waals surface area contributed by atoms with Crippen molar-refractivity contribution >= 4 is 22.6 Å². The van der Waals surface area contributed by atoms with Gasteiger partial charge in [-0.1, -0.05) is 18.2 Å². The number of carboxylic acid groups (broad SMARTS) is 1. The van der Waals surface area contributed by atoms with E-state index in [9.17, 15) is 20.0 Å². The summed E-state index contributed by atoms with van der Waals surface area (Å²) in [5.74, 6) is -0.327. The number of carboxylic acids is 1. The van der Waals surface area contributed by atoms with Gasteiger partial charge in [0.1, 0.15) is 0 Å². The quantitative estimate of drug-likeness (QED) is 0.286. The minimum absolute atomic E-state index is 0.0397. The summed E-state index contributed by atoms with van der Waals surface area (Å²) in [5, 5.41) is 21.0. The molecule has 0 fully saturated rings. The molecule has 0 radical (unpaired) electrons. The van der Waals surface area contributed by atoms with Crippen molar-refractivity contribution in [2.75, 3.05) is 6.61 Å². The molecule has 0 atom stereocenters. The number of nitrogens with zero attached hydrogens (tertiary/aromatic N) is 2. The Morgan fingerprint density at radius 2 is 1.83 bits per heavy atom. The summed E-state index contributed by atoms with van der Waals surface area (Å²) >= 11 is 0. The molecular weight excluding hydrogens is 384 g/mol. The number of ether oxygens (including phenoxy) is 1. The van der Waals surface area contributed by atoms with Crippen LogP contribution in [0.2, 0.25) is 0 Å². The molecule has 1 N–H and O–H groups in total. The van der Waals surface area contributed by atoms with E-state index in [2.05, 4.69) is 4.98 Å². The van der Waals surface area contributed by atoms with Gasteiger partial charge in [0.25, 0.3) is 5.69 Å². The number of para-hydroxylation sites is 1. The minimum atomic E-state index is -0.799. The molecule has 7 nitrogen and oxygen atoms in total.